The molecular formula is C28H30N4O4S. The second-order valence-corrected chi connectivity index (χ2v) is 8.98. The lowest BCUT2D eigenvalue weighted by Gasteiger charge is -2.16. The van der Waals surface area contributed by atoms with Crippen molar-refractivity contribution in [2.45, 2.75) is 22.6 Å². The number of benzene rings is 2. The van der Waals surface area contributed by atoms with Gasteiger partial charge in [-0.05, 0) is 54.5 Å². The van der Waals surface area contributed by atoms with E-state index in [1.807, 2.05) is 67.7 Å². The van der Waals surface area contributed by atoms with Gasteiger partial charge in [0.25, 0.3) is 5.91 Å². The molecule has 3 rings (SSSR count). The van der Waals surface area contributed by atoms with Gasteiger partial charge in [0.1, 0.15) is 5.75 Å². The highest BCUT2D eigenvalue weighted by molar-refractivity contribution is 7.99. The summed E-state index contributed by atoms with van der Waals surface area (Å²) in [4.78, 5) is 29.9. The normalized spacial score (nSPS) is 10.7. The summed E-state index contributed by atoms with van der Waals surface area (Å²) in [5.74, 6) is -0.338. The molecule has 0 spiro atoms. The van der Waals surface area contributed by atoms with Crippen LogP contribution in [0.4, 0.5) is 5.69 Å². The van der Waals surface area contributed by atoms with Gasteiger partial charge in [0.2, 0.25) is 5.91 Å². The number of hydrogen-bond donors (Lipinski definition) is 4. The molecule has 2 aromatic carbocycles. The van der Waals surface area contributed by atoms with Crippen LogP contribution in [0.3, 0.4) is 0 Å². The van der Waals surface area contributed by atoms with E-state index in [2.05, 4.69) is 22.2 Å². The number of ether oxygens (including phenoxy) is 1. The maximum absolute atomic E-state index is 12.7. The Labute approximate surface area is 220 Å². The molecule has 192 valence electrons. The molecule has 2 amide bonds. The Morgan fingerprint density at radius 3 is 2.68 bits per heavy atom. The van der Waals surface area contributed by atoms with Crippen molar-refractivity contribution in [3.63, 3.8) is 0 Å². The first-order valence-corrected chi connectivity index (χ1v) is 12.5. The van der Waals surface area contributed by atoms with E-state index in [4.69, 9.17) is 9.94 Å². The van der Waals surface area contributed by atoms with Crippen molar-refractivity contribution in [1.82, 2.24) is 15.8 Å². The molecule has 0 aliphatic heterocycles. The Morgan fingerprint density at radius 2 is 1.97 bits per heavy atom. The number of hydrogen-bond acceptors (Lipinski definition) is 7. The molecule has 1 aromatic heterocycles. The molecule has 0 atom stereocenters. The number of pyridine rings is 1. The topological polar surface area (TPSA) is 113 Å². The number of rotatable bonds is 12. The summed E-state index contributed by atoms with van der Waals surface area (Å²) in [6.45, 7) is 4.42. The summed E-state index contributed by atoms with van der Waals surface area (Å²) in [6, 6.07) is 17.1. The number of allylic oxidation sites excluding steroid dienone is 2. The quantitative estimate of drug-likeness (QED) is 0.115. The smallest absolute Gasteiger partial charge is 0.255 e. The van der Waals surface area contributed by atoms with Crippen molar-refractivity contribution >= 4 is 40.9 Å². The van der Waals surface area contributed by atoms with Crippen molar-refractivity contribution in [3.8, 4) is 5.75 Å². The predicted octanol–water partition coefficient (Wildman–Crippen LogP) is 5.03. The summed E-state index contributed by atoms with van der Waals surface area (Å²) in [5.41, 5.74) is 5.55. The van der Waals surface area contributed by atoms with Crippen LogP contribution in [0.25, 0.3) is 11.6 Å². The first-order chi connectivity index (χ1) is 18.0. The van der Waals surface area contributed by atoms with Gasteiger partial charge >= 0.3 is 0 Å². The number of anilines is 1. The molecule has 0 unspecified atom stereocenters. The Hall–Kier alpha value is -4.08. The number of hydroxylamine groups is 1. The lowest BCUT2D eigenvalue weighted by atomic mass is 10.0. The van der Waals surface area contributed by atoms with E-state index in [0.717, 1.165) is 32.3 Å². The molecular weight excluding hydrogens is 488 g/mol. The molecule has 9 heteroatoms. The van der Waals surface area contributed by atoms with Gasteiger partial charge in [0.05, 0.1) is 17.9 Å². The number of amides is 2. The van der Waals surface area contributed by atoms with E-state index < -0.39 is 5.91 Å². The summed E-state index contributed by atoms with van der Waals surface area (Å²) in [5, 5.41) is 14.5. The molecule has 0 bridgehead atoms. The van der Waals surface area contributed by atoms with E-state index >= 15 is 0 Å². The minimum atomic E-state index is -0.488. The van der Waals surface area contributed by atoms with Gasteiger partial charge in [-0.25, -0.2) is 5.48 Å². The van der Waals surface area contributed by atoms with Gasteiger partial charge in [0, 0.05) is 47.8 Å². The standard InChI is InChI=1S/C28H30N4O4S/c1-19(12-13-20-8-4-5-16-31-20)22-15-14-21(18-23(22)29-2)37-25-10-6-9-24(27(25)28(34)30-3)36-17-7-11-26(33)32-35/h4-6,8-10,12-16,18,29,35H,1,7,11,17H2,2-3H3,(H,30,34)(H,32,33)/b13-12+. The Kier molecular flexibility index (Phi) is 10.3. The van der Waals surface area contributed by atoms with Gasteiger partial charge in [-0.15, -0.1) is 0 Å². The molecule has 0 fully saturated rings. The van der Waals surface area contributed by atoms with Gasteiger partial charge in [-0.1, -0.05) is 42.6 Å². The highest BCUT2D eigenvalue weighted by Crippen LogP contribution is 2.37. The monoisotopic (exact) mass is 518 g/mol. The number of nitrogens with zero attached hydrogens (tertiary/aromatic N) is 1. The van der Waals surface area contributed by atoms with Crippen LogP contribution >= 0.6 is 11.8 Å². The minimum absolute atomic E-state index is 0.113. The SMILES string of the molecule is C=C(/C=C/c1ccccn1)c1ccc(Sc2cccc(OCCCC(=O)NO)c2C(=O)NC)cc1NC. The first kappa shape index (κ1) is 27.5. The van der Waals surface area contributed by atoms with Crippen LogP contribution in [-0.2, 0) is 4.79 Å². The third-order valence-electron chi connectivity index (χ3n) is 5.35. The maximum Gasteiger partial charge on any atom is 0.255 e. The summed E-state index contributed by atoms with van der Waals surface area (Å²) in [6.07, 6.45) is 6.10. The third-order valence-corrected chi connectivity index (χ3v) is 6.40. The highest BCUT2D eigenvalue weighted by Gasteiger charge is 2.18. The van der Waals surface area contributed by atoms with Crippen LogP contribution in [0.1, 0.15) is 34.5 Å². The van der Waals surface area contributed by atoms with Gasteiger partial charge < -0.3 is 15.4 Å². The van der Waals surface area contributed by atoms with Crippen molar-refractivity contribution < 1.29 is 19.5 Å². The van der Waals surface area contributed by atoms with E-state index in [1.165, 1.54) is 11.8 Å². The van der Waals surface area contributed by atoms with Crippen molar-refractivity contribution in [2.75, 3.05) is 26.0 Å². The average molecular weight is 519 g/mol. The van der Waals surface area contributed by atoms with Crippen LogP contribution in [0.5, 0.6) is 5.75 Å². The molecule has 1 heterocycles. The Balaban J connectivity index is 1.81. The largest absolute Gasteiger partial charge is 0.493 e. The van der Waals surface area contributed by atoms with Crippen molar-refractivity contribution in [1.29, 1.82) is 0 Å². The summed E-state index contributed by atoms with van der Waals surface area (Å²) in [7, 11) is 3.42. The Morgan fingerprint density at radius 1 is 1.14 bits per heavy atom. The second kappa shape index (κ2) is 13.9. The van der Waals surface area contributed by atoms with Crippen LogP contribution < -0.4 is 20.9 Å². The molecule has 0 saturated carbocycles. The van der Waals surface area contributed by atoms with Crippen molar-refractivity contribution in [3.05, 3.63) is 90.3 Å². The van der Waals surface area contributed by atoms with E-state index in [-0.39, 0.29) is 18.9 Å². The number of carbonyl (C=O) groups is 2. The molecule has 4 N–H and O–H groups in total. The molecule has 0 radical (unpaired) electrons. The fourth-order valence-electron chi connectivity index (χ4n) is 3.49. The molecule has 0 aliphatic rings. The number of aromatic nitrogens is 1. The van der Waals surface area contributed by atoms with Crippen LogP contribution in [0, 0.1) is 0 Å². The van der Waals surface area contributed by atoms with Gasteiger partial charge in [0.15, 0.2) is 0 Å². The second-order valence-electron chi connectivity index (χ2n) is 7.87. The predicted molar refractivity (Wildman–Crippen MR) is 147 cm³/mol. The molecule has 3 aromatic rings. The fraction of sp³-hybridized carbons (Fsp3) is 0.179. The Bertz CT molecular complexity index is 1280. The first-order valence-electron chi connectivity index (χ1n) is 11.7. The zero-order valence-corrected chi connectivity index (χ0v) is 21.6. The average Bonchev–Trinajstić information content (AvgIpc) is 2.94. The maximum atomic E-state index is 12.7. The molecule has 0 aliphatic carbocycles. The lowest BCUT2D eigenvalue weighted by Crippen LogP contribution is -2.21. The van der Waals surface area contributed by atoms with E-state index in [9.17, 15) is 9.59 Å². The zero-order valence-electron chi connectivity index (χ0n) is 20.8. The molecule has 37 heavy (non-hydrogen) atoms. The van der Waals surface area contributed by atoms with Gasteiger partial charge in [-0.3, -0.25) is 19.8 Å². The van der Waals surface area contributed by atoms with Crippen LogP contribution in [0.2, 0.25) is 0 Å². The number of carbonyl (C=O) groups excluding carboxylic acids is 2. The van der Waals surface area contributed by atoms with Gasteiger partial charge in [-0.2, -0.15) is 0 Å². The lowest BCUT2D eigenvalue weighted by molar-refractivity contribution is -0.129. The third kappa shape index (κ3) is 7.70. The highest BCUT2D eigenvalue weighted by atomic mass is 32.2. The van der Waals surface area contributed by atoms with E-state index in [0.29, 0.717) is 17.7 Å². The van der Waals surface area contributed by atoms with Crippen LogP contribution in [0.15, 0.2) is 83.2 Å². The van der Waals surface area contributed by atoms with E-state index in [1.54, 1.807) is 24.8 Å². The summed E-state index contributed by atoms with van der Waals surface area (Å²) >= 11 is 1.44. The molecule has 0 saturated heterocycles. The molecule has 8 nitrogen and oxygen atoms in total. The zero-order chi connectivity index (χ0) is 26.6. The summed E-state index contributed by atoms with van der Waals surface area (Å²) < 4.78 is 5.82. The fourth-order valence-corrected chi connectivity index (χ4v) is 4.50. The minimum Gasteiger partial charge on any atom is -0.493 e. The van der Waals surface area contributed by atoms with Crippen molar-refractivity contribution in [2.24, 2.45) is 0 Å². The number of nitrogens with one attached hydrogen (secondary N) is 3. The van der Waals surface area contributed by atoms with Crippen LogP contribution in [-0.4, -0.2) is 42.7 Å².